The second-order valence-corrected chi connectivity index (χ2v) is 8.22. The quantitative estimate of drug-likeness (QED) is 0.254. The number of rotatable bonds is 9. The molecule has 3 aromatic rings. The van der Waals surface area contributed by atoms with E-state index in [0.29, 0.717) is 27.7 Å². The molecular formula is C24H23ClN4O6. The fraction of sp³-hybridized carbons (Fsp3) is 0.208. The Hall–Kier alpha value is -4.18. The minimum Gasteiger partial charge on any atom is -0.496 e. The normalized spacial score (nSPS) is 11.9. The molecule has 1 heterocycles. The van der Waals surface area contributed by atoms with E-state index in [0.717, 1.165) is 0 Å². The maximum Gasteiger partial charge on any atom is 0.273 e. The highest BCUT2D eigenvalue weighted by Gasteiger charge is 2.24. The number of carbonyl (C=O) groups is 2. The van der Waals surface area contributed by atoms with Gasteiger partial charge < -0.3 is 14.5 Å². The van der Waals surface area contributed by atoms with Crippen molar-refractivity contribution in [2.45, 2.75) is 19.9 Å². The molecule has 35 heavy (non-hydrogen) atoms. The zero-order valence-corrected chi connectivity index (χ0v) is 19.9. The van der Waals surface area contributed by atoms with Gasteiger partial charge in [-0.1, -0.05) is 25.4 Å². The highest BCUT2D eigenvalue weighted by molar-refractivity contribution is 6.30. The van der Waals surface area contributed by atoms with Crippen molar-refractivity contribution in [3.05, 3.63) is 81.1 Å². The SMILES string of the molecule is COc1cc([N+](=O)[O-])ccc1-c1ccc(/C=N\NC(=O)C(NC(=O)c2ccc(Cl)cc2)C(C)C)o1. The molecule has 3 rings (SSSR count). The molecule has 2 amide bonds. The third-order valence-electron chi connectivity index (χ3n) is 5.00. The van der Waals surface area contributed by atoms with Crippen molar-refractivity contribution < 1.29 is 23.7 Å². The lowest BCUT2D eigenvalue weighted by atomic mass is 10.0. The molecule has 2 aromatic carbocycles. The van der Waals surface area contributed by atoms with E-state index in [9.17, 15) is 19.7 Å². The number of hydrazone groups is 1. The van der Waals surface area contributed by atoms with Crippen molar-refractivity contribution in [1.29, 1.82) is 0 Å². The van der Waals surface area contributed by atoms with Crippen LogP contribution in [0.3, 0.4) is 0 Å². The number of nitrogens with one attached hydrogen (secondary N) is 2. The number of non-ortho nitro benzene ring substituents is 1. The predicted molar refractivity (Wildman–Crippen MR) is 131 cm³/mol. The first kappa shape index (κ1) is 25.4. The molecule has 10 nitrogen and oxygen atoms in total. The molecular weight excluding hydrogens is 476 g/mol. The molecule has 2 N–H and O–H groups in total. The van der Waals surface area contributed by atoms with E-state index in [-0.39, 0.29) is 17.4 Å². The van der Waals surface area contributed by atoms with E-state index >= 15 is 0 Å². The van der Waals surface area contributed by atoms with Crippen LogP contribution in [0.25, 0.3) is 11.3 Å². The molecule has 0 fully saturated rings. The highest BCUT2D eigenvalue weighted by Crippen LogP contribution is 2.34. The van der Waals surface area contributed by atoms with Crippen LogP contribution in [0, 0.1) is 16.0 Å². The second-order valence-electron chi connectivity index (χ2n) is 7.78. The number of furan rings is 1. The lowest BCUT2D eigenvalue weighted by Gasteiger charge is -2.20. The summed E-state index contributed by atoms with van der Waals surface area (Å²) >= 11 is 5.85. The van der Waals surface area contributed by atoms with Gasteiger partial charge in [0.25, 0.3) is 17.5 Å². The maximum atomic E-state index is 12.6. The number of amides is 2. The Morgan fingerprint density at radius 2 is 1.86 bits per heavy atom. The van der Waals surface area contributed by atoms with Gasteiger partial charge in [-0.25, -0.2) is 5.43 Å². The Labute approximate surface area is 206 Å². The number of hydrogen-bond acceptors (Lipinski definition) is 7. The van der Waals surface area contributed by atoms with Gasteiger partial charge in [0.2, 0.25) is 0 Å². The molecule has 0 aliphatic rings. The first-order valence-electron chi connectivity index (χ1n) is 10.5. The van der Waals surface area contributed by atoms with Gasteiger partial charge in [-0.15, -0.1) is 0 Å². The first-order valence-corrected chi connectivity index (χ1v) is 10.9. The number of nitrogens with zero attached hydrogens (tertiary/aromatic N) is 2. The van der Waals surface area contributed by atoms with E-state index in [1.807, 2.05) is 0 Å². The fourth-order valence-electron chi connectivity index (χ4n) is 3.15. The van der Waals surface area contributed by atoms with Crippen LogP contribution in [0.5, 0.6) is 5.75 Å². The van der Waals surface area contributed by atoms with Gasteiger partial charge in [-0.2, -0.15) is 5.10 Å². The van der Waals surface area contributed by atoms with Crippen LogP contribution in [-0.2, 0) is 4.79 Å². The molecule has 0 saturated carbocycles. The van der Waals surface area contributed by atoms with Crippen LogP contribution >= 0.6 is 11.6 Å². The molecule has 0 saturated heterocycles. The Balaban J connectivity index is 1.66. The molecule has 11 heteroatoms. The molecule has 0 radical (unpaired) electrons. The smallest absolute Gasteiger partial charge is 0.273 e. The number of nitro groups is 1. The van der Waals surface area contributed by atoms with Gasteiger partial charge in [0.1, 0.15) is 23.3 Å². The summed E-state index contributed by atoms with van der Waals surface area (Å²) in [5.41, 5.74) is 3.19. The standard InChI is InChI=1S/C24H23ClN4O6/c1-14(2)22(27-23(30)15-4-6-16(25)7-5-15)24(31)28-26-13-18-9-11-20(35-18)19-10-8-17(29(32)33)12-21(19)34-3/h4-14,22H,1-3H3,(H,27,30)(H,28,31)/b26-13-. The van der Waals surface area contributed by atoms with Gasteiger partial charge >= 0.3 is 0 Å². The van der Waals surface area contributed by atoms with Crippen molar-refractivity contribution in [1.82, 2.24) is 10.7 Å². The van der Waals surface area contributed by atoms with E-state index in [2.05, 4.69) is 15.8 Å². The van der Waals surface area contributed by atoms with Crippen molar-refractivity contribution in [3.63, 3.8) is 0 Å². The average molecular weight is 499 g/mol. The Morgan fingerprint density at radius 3 is 2.49 bits per heavy atom. The van der Waals surface area contributed by atoms with Crippen LogP contribution in [0.15, 0.2) is 64.1 Å². The van der Waals surface area contributed by atoms with Crippen LogP contribution in [0.2, 0.25) is 5.02 Å². The number of carbonyl (C=O) groups excluding carboxylic acids is 2. The van der Waals surface area contributed by atoms with E-state index < -0.39 is 22.8 Å². The summed E-state index contributed by atoms with van der Waals surface area (Å²) in [5, 5.41) is 18.1. The summed E-state index contributed by atoms with van der Waals surface area (Å²) in [4.78, 5) is 35.6. The highest BCUT2D eigenvalue weighted by atomic mass is 35.5. The number of halogens is 1. The zero-order chi connectivity index (χ0) is 25.5. The summed E-state index contributed by atoms with van der Waals surface area (Å²) in [5.74, 6) is -0.103. The minimum atomic E-state index is -0.827. The van der Waals surface area contributed by atoms with E-state index in [1.54, 1.807) is 50.2 Å². The molecule has 0 aliphatic heterocycles. The monoisotopic (exact) mass is 498 g/mol. The molecule has 182 valence electrons. The Bertz CT molecular complexity index is 1250. The van der Waals surface area contributed by atoms with Crippen LogP contribution in [0.1, 0.15) is 30.0 Å². The summed E-state index contributed by atoms with van der Waals surface area (Å²) in [6, 6.07) is 12.9. The third kappa shape index (κ3) is 6.45. The van der Waals surface area contributed by atoms with Gasteiger partial charge in [0, 0.05) is 16.7 Å². The van der Waals surface area contributed by atoms with Crippen molar-refractivity contribution in [3.8, 4) is 17.1 Å². The van der Waals surface area contributed by atoms with Crippen molar-refractivity contribution in [2.75, 3.05) is 7.11 Å². The van der Waals surface area contributed by atoms with Crippen LogP contribution in [0.4, 0.5) is 5.69 Å². The van der Waals surface area contributed by atoms with E-state index in [4.69, 9.17) is 20.8 Å². The molecule has 0 aliphatic carbocycles. The largest absolute Gasteiger partial charge is 0.496 e. The van der Waals surface area contributed by atoms with Crippen molar-refractivity contribution >= 4 is 35.3 Å². The Morgan fingerprint density at radius 1 is 1.14 bits per heavy atom. The summed E-state index contributed by atoms with van der Waals surface area (Å²) in [7, 11) is 1.40. The molecule has 0 spiro atoms. The summed E-state index contributed by atoms with van der Waals surface area (Å²) in [6.07, 6.45) is 1.30. The minimum absolute atomic E-state index is 0.107. The topological polar surface area (TPSA) is 136 Å². The lowest BCUT2D eigenvalue weighted by molar-refractivity contribution is -0.384. The Kier molecular flexibility index (Phi) is 8.21. The summed E-state index contributed by atoms with van der Waals surface area (Å²) in [6.45, 7) is 3.60. The lowest BCUT2D eigenvalue weighted by Crippen LogP contribution is -2.48. The fourth-order valence-corrected chi connectivity index (χ4v) is 3.28. The molecule has 1 unspecified atom stereocenters. The second kappa shape index (κ2) is 11.3. The number of benzene rings is 2. The van der Waals surface area contributed by atoms with Crippen molar-refractivity contribution in [2.24, 2.45) is 11.0 Å². The summed E-state index contributed by atoms with van der Waals surface area (Å²) < 4.78 is 10.9. The number of ether oxygens (including phenoxy) is 1. The van der Waals surface area contributed by atoms with E-state index in [1.165, 1.54) is 31.5 Å². The maximum absolute atomic E-state index is 12.6. The molecule has 0 bridgehead atoms. The predicted octanol–water partition coefficient (Wildman–Crippen LogP) is 4.42. The van der Waals surface area contributed by atoms with Gasteiger partial charge in [0.15, 0.2) is 0 Å². The zero-order valence-electron chi connectivity index (χ0n) is 19.2. The van der Waals surface area contributed by atoms with Gasteiger partial charge in [0.05, 0.1) is 29.9 Å². The van der Waals surface area contributed by atoms with Gasteiger partial charge in [-0.3, -0.25) is 19.7 Å². The first-order chi connectivity index (χ1) is 16.7. The number of methoxy groups -OCH3 is 1. The van der Waals surface area contributed by atoms with Crippen LogP contribution in [-0.4, -0.2) is 36.1 Å². The van der Waals surface area contributed by atoms with Crippen LogP contribution < -0.4 is 15.5 Å². The molecule has 1 atom stereocenters. The number of nitro benzene ring substituents is 1. The van der Waals surface area contributed by atoms with Gasteiger partial charge in [-0.05, 0) is 48.4 Å². The average Bonchev–Trinajstić information content (AvgIpc) is 3.30. The molecule has 1 aromatic heterocycles. The third-order valence-corrected chi connectivity index (χ3v) is 5.25. The number of hydrogen-bond donors (Lipinski definition) is 2.